The van der Waals surface area contributed by atoms with Crippen LogP contribution in [-0.4, -0.2) is 26.5 Å². The lowest BCUT2D eigenvalue weighted by Crippen LogP contribution is -2.44. The third kappa shape index (κ3) is 5.38. The van der Waals surface area contributed by atoms with Crippen LogP contribution in [0.5, 0.6) is 0 Å². The van der Waals surface area contributed by atoms with E-state index in [2.05, 4.69) is 33.9 Å². The molecular formula is C18H36O3Si. The summed E-state index contributed by atoms with van der Waals surface area (Å²) in [6.45, 7) is 17.0. The average Bonchev–Trinajstić information content (AvgIpc) is 2.35. The Morgan fingerprint density at radius 2 is 1.68 bits per heavy atom. The van der Waals surface area contributed by atoms with Crippen LogP contribution in [0.15, 0.2) is 0 Å². The van der Waals surface area contributed by atoms with Gasteiger partial charge in [0.1, 0.15) is 6.10 Å². The van der Waals surface area contributed by atoms with Crippen molar-refractivity contribution in [2.45, 2.75) is 91.6 Å². The van der Waals surface area contributed by atoms with Gasteiger partial charge in [-0.3, -0.25) is 4.79 Å². The van der Waals surface area contributed by atoms with E-state index in [9.17, 15) is 4.79 Å². The standard InChI is InChI=1S/C18H36O3Si/c1-12(2)16-10-9-14(5)11-17(16)20-18(19)15(6)22(7,8)21-13(3)4/h12-17H,9-11H2,1-8H3/t14-,15?,16+,17-/m1/s1. The summed E-state index contributed by atoms with van der Waals surface area (Å²) < 4.78 is 12.0. The molecule has 0 spiro atoms. The summed E-state index contributed by atoms with van der Waals surface area (Å²) in [5.74, 6) is 1.67. The van der Waals surface area contributed by atoms with Gasteiger partial charge in [0.15, 0.2) is 0 Å². The van der Waals surface area contributed by atoms with E-state index in [1.54, 1.807) is 0 Å². The van der Waals surface area contributed by atoms with Crippen molar-refractivity contribution in [3.05, 3.63) is 0 Å². The lowest BCUT2D eigenvalue weighted by molar-refractivity contribution is -0.155. The summed E-state index contributed by atoms with van der Waals surface area (Å²) in [6, 6.07) is 0. The minimum absolute atomic E-state index is 0.0536. The Bertz CT molecular complexity index is 365. The van der Waals surface area contributed by atoms with E-state index in [4.69, 9.17) is 9.16 Å². The molecule has 0 bridgehead atoms. The van der Waals surface area contributed by atoms with Gasteiger partial charge in [-0.05, 0) is 57.5 Å². The minimum atomic E-state index is -2.06. The summed E-state index contributed by atoms with van der Waals surface area (Å²) in [5, 5.41) is 0. The molecule has 0 aromatic rings. The van der Waals surface area contributed by atoms with Crippen molar-refractivity contribution < 1.29 is 14.0 Å². The number of esters is 1. The zero-order chi connectivity index (χ0) is 17.1. The number of ether oxygens (including phenoxy) is 1. The molecule has 0 aliphatic heterocycles. The van der Waals surface area contributed by atoms with E-state index >= 15 is 0 Å². The van der Waals surface area contributed by atoms with Gasteiger partial charge in [0, 0.05) is 6.10 Å². The summed E-state index contributed by atoms with van der Waals surface area (Å²) in [7, 11) is -2.06. The van der Waals surface area contributed by atoms with E-state index in [-0.39, 0.29) is 23.7 Å². The van der Waals surface area contributed by atoms with Gasteiger partial charge in [-0.15, -0.1) is 0 Å². The second kappa shape index (κ2) is 7.96. The third-order valence-electron chi connectivity index (χ3n) is 5.16. The lowest BCUT2D eigenvalue weighted by atomic mass is 9.75. The zero-order valence-electron chi connectivity index (χ0n) is 15.8. The molecule has 0 aromatic heterocycles. The highest BCUT2D eigenvalue weighted by molar-refractivity contribution is 6.75. The van der Waals surface area contributed by atoms with Gasteiger partial charge in [0.2, 0.25) is 8.32 Å². The molecule has 1 saturated carbocycles. The van der Waals surface area contributed by atoms with Crippen LogP contribution in [0.1, 0.15) is 60.8 Å². The Balaban J connectivity index is 2.72. The van der Waals surface area contributed by atoms with Crippen molar-refractivity contribution in [2.24, 2.45) is 17.8 Å². The van der Waals surface area contributed by atoms with Crippen molar-refractivity contribution in [1.29, 1.82) is 0 Å². The van der Waals surface area contributed by atoms with Crippen LogP contribution in [0.4, 0.5) is 0 Å². The molecule has 1 aliphatic carbocycles. The fraction of sp³-hybridized carbons (Fsp3) is 0.944. The minimum Gasteiger partial charge on any atom is -0.462 e. The third-order valence-corrected chi connectivity index (χ3v) is 8.56. The molecule has 1 aliphatic rings. The maximum atomic E-state index is 12.6. The van der Waals surface area contributed by atoms with Gasteiger partial charge in [0.05, 0.1) is 5.54 Å². The molecule has 1 rings (SSSR count). The van der Waals surface area contributed by atoms with Gasteiger partial charge < -0.3 is 9.16 Å². The van der Waals surface area contributed by atoms with Gasteiger partial charge >= 0.3 is 5.97 Å². The highest BCUT2D eigenvalue weighted by Crippen LogP contribution is 2.36. The molecule has 130 valence electrons. The molecule has 0 heterocycles. The van der Waals surface area contributed by atoms with Crippen LogP contribution in [-0.2, 0) is 14.0 Å². The molecular weight excluding hydrogens is 292 g/mol. The lowest BCUT2D eigenvalue weighted by Gasteiger charge is -2.38. The van der Waals surface area contributed by atoms with Crippen molar-refractivity contribution in [3.8, 4) is 0 Å². The van der Waals surface area contributed by atoms with Crippen molar-refractivity contribution in [3.63, 3.8) is 0 Å². The Hall–Kier alpha value is -0.353. The molecule has 0 N–H and O–H groups in total. The van der Waals surface area contributed by atoms with Crippen LogP contribution in [0, 0.1) is 17.8 Å². The SMILES string of the molecule is CC(C)O[Si](C)(C)C(C)C(=O)O[C@@H]1C[C@H](C)CC[C@H]1C(C)C. The molecule has 0 saturated heterocycles. The smallest absolute Gasteiger partial charge is 0.308 e. The van der Waals surface area contributed by atoms with Crippen LogP contribution in [0.2, 0.25) is 18.6 Å². The molecule has 0 amide bonds. The summed E-state index contributed by atoms with van der Waals surface area (Å²) in [5.41, 5.74) is -0.125. The van der Waals surface area contributed by atoms with Crippen LogP contribution < -0.4 is 0 Å². The Morgan fingerprint density at radius 1 is 1.09 bits per heavy atom. The van der Waals surface area contributed by atoms with Gasteiger partial charge in [0.25, 0.3) is 0 Å². The normalized spacial score (nSPS) is 28.0. The summed E-state index contributed by atoms with van der Waals surface area (Å²) >= 11 is 0. The Morgan fingerprint density at radius 3 is 2.18 bits per heavy atom. The molecule has 4 atom stereocenters. The molecule has 1 unspecified atom stereocenters. The highest BCUT2D eigenvalue weighted by Gasteiger charge is 2.40. The molecule has 3 nitrogen and oxygen atoms in total. The van der Waals surface area contributed by atoms with Crippen molar-refractivity contribution in [1.82, 2.24) is 0 Å². The van der Waals surface area contributed by atoms with E-state index in [0.29, 0.717) is 17.8 Å². The van der Waals surface area contributed by atoms with Crippen LogP contribution >= 0.6 is 0 Å². The van der Waals surface area contributed by atoms with Crippen LogP contribution in [0.3, 0.4) is 0 Å². The first-order chi connectivity index (χ1) is 10.0. The molecule has 4 heteroatoms. The first-order valence-electron chi connectivity index (χ1n) is 8.92. The van der Waals surface area contributed by atoms with Gasteiger partial charge in [-0.1, -0.05) is 34.1 Å². The average molecular weight is 329 g/mol. The van der Waals surface area contributed by atoms with E-state index in [1.807, 2.05) is 20.8 Å². The summed E-state index contributed by atoms with van der Waals surface area (Å²) in [6.07, 6.45) is 3.68. The predicted octanol–water partition coefficient (Wildman–Crippen LogP) is 5.01. The maximum absolute atomic E-state index is 12.6. The topological polar surface area (TPSA) is 35.5 Å². The predicted molar refractivity (Wildman–Crippen MR) is 94.4 cm³/mol. The van der Waals surface area contributed by atoms with Gasteiger partial charge in [-0.2, -0.15) is 0 Å². The maximum Gasteiger partial charge on any atom is 0.308 e. The van der Waals surface area contributed by atoms with E-state index < -0.39 is 8.32 Å². The van der Waals surface area contributed by atoms with E-state index in [0.717, 1.165) is 6.42 Å². The molecule has 0 aromatic carbocycles. The molecule has 22 heavy (non-hydrogen) atoms. The highest BCUT2D eigenvalue weighted by atomic mass is 28.4. The number of hydrogen-bond donors (Lipinski definition) is 0. The first-order valence-corrected chi connectivity index (χ1v) is 11.9. The number of carbonyl (C=O) groups is 1. The second-order valence-electron chi connectivity index (χ2n) is 8.29. The largest absolute Gasteiger partial charge is 0.462 e. The van der Waals surface area contributed by atoms with Crippen molar-refractivity contribution in [2.75, 3.05) is 0 Å². The monoisotopic (exact) mass is 328 g/mol. The Labute approximate surface area is 138 Å². The molecule has 1 fully saturated rings. The van der Waals surface area contributed by atoms with Crippen molar-refractivity contribution >= 4 is 14.3 Å². The number of rotatable bonds is 6. The van der Waals surface area contributed by atoms with Crippen LogP contribution in [0.25, 0.3) is 0 Å². The zero-order valence-corrected chi connectivity index (χ0v) is 16.8. The van der Waals surface area contributed by atoms with E-state index in [1.165, 1.54) is 12.8 Å². The number of hydrogen-bond acceptors (Lipinski definition) is 3. The Kier molecular flexibility index (Phi) is 7.12. The summed E-state index contributed by atoms with van der Waals surface area (Å²) in [4.78, 5) is 12.6. The number of carbonyl (C=O) groups excluding carboxylic acids is 1. The fourth-order valence-corrected chi connectivity index (χ4v) is 5.55. The van der Waals surface area contributed by atoms with Gasteiger partial charge in [-0.25, -0.2) is 0 Å². The molecule has 0 radical (unpaired) electrons. The first kappa shape index (κ1) is 19.7. The second-order valence-corrected chi connectivity index (χ2v) is 12.6. The quantitative estimate of drug-likeness (QED) is 0.508. The fourth-order valence-electron chi connectivity index (χ4n) is 3.49.